The fourth-order valence-electron chi connectivity index (χ4n) is 4.21. The maximum atomic E-state index is 13.6. The molecular formula is C24H25F3N2O6. The molecule has 0 bridgehead atoms. The summed E-state index contributed by atoms with van der Waals surface area (Å²) in [5.41, 5.74) is -0.173. The fraction of sp³-hybridized carbons (Fsp3) is 0.417. The minimum absolute atomic E-state index is 0.0647. The third-order valence-electron chi connectivity index (χ3n) is 5.89. The molecule has 188 valence electrons. The van der Waals surface area contributed by atoms with Gasteiger partial charge in [0.05, 0.1) is 31.7 Å². The Hall–Kier alpha value is -3.47. The molecule has 0 radical (unpaired) electrons. The Kier molecular flexibility index (Phi) is 7.06. The minimum atomic E-state index is -4.52. The molecule has 1 saturated heterocycles. The van der Waals surface area contributed by atoms with E-state index in [1.54, 1.807) is 18.2 Å². The number of hydrogen-bond donors (Lipinski definition) is 0. The maximum Gasteiger partial charge on any atom is 0.422 e. The minimum Gasteiger partial charge on any atom is -0.493 e. The van der Waals surface area contributed by atoms with Crippen LogP contribution in [0.1, 0.15) is 24.4 Å². The van der Waals surface area contributed by atoms with Crippen molar-refractivity contribution < 1.29 is 32.1 Å². The third kappa shape index (κ3) is 5.29. The van der Waals surface area contributed by atoms with Crippen LogP contribution < -0.4 is 25.5 Å². The Morgan fingerprint density at radius 3 is 2.37 bits per heavy atom. The summed E-state index contributed by atoms with van der Waals surface area (Å²) in [6, 6.07) is 8.86. The molecule has 1 fully saturated rings. The van der Waals surface area contributed by atoms with Crippen molar-refractivity contribution in [2.24, 2.45) is 0 Å². The van der Waals surface area contributed by atoms with Crippen molar-refractivity contribution in [2.45, 2.75) is 31.6 Å². The SMILES string of the molecule is COc1ccc(Cn2c(=O)c3cc(OCC(F)(F)F)ccc3n(C3CCOCC3)c2=O)cc1OC. The van der Waals surface area contributed by atoms with Crippen molar-refractivity contribution in [3.05, 3.63) is 62.8 Å². The van der Waals surface area contributed by atoms with Crippen LogP contribution in [-0.2, 0) is 11.3 Å². The number of benzene rings is 2. The first kappa shape index (κ1) is 24.6. The zero-order valence-corrected chi connectivity index (χ0v) is 19.3. The molecule has 8 nitrogen and oxygen atoms in total. The molecule has 0 spiro atoms. The molecule has 0 N–H and O–H groups in total. The lowest BCUT2D eigenvalue weighted by atomic mass is 10.1. The largest absolute Gasteiger partial charge is 0.493 e. The van der Waals surface area contributed by atoms with Crippen molar-refractivity contribution in [3.63, 3.8) is 0 Å². The highest BCUT2D eigenvalue weighted by Gasteiger charge is 2.29. The number of ether oxygens (including phenoxy) is 4. The van der Waals surface area contributed by atoms with Crippen LogP contribution in [0.2, 0.25) is 0 Å². The van der Waals surface area contributed by atoms with E-state index in [-0.39, 0.29) is 23.7 Å². The molecule has 1 aromatic heterocycles. The standard InChI is InChI=1S/C24H25F3N2O6/c1-32-20-6-3-15(11-21(20)33-2)13-28-22(30)18-12-17(35-14-24(25,26)27)4-5-19(18)29(23(28)31)16-7-9-34-10-8-16/h3-6,11-12,16H,7-10,13-14H2,1-2H3. The number of nitrogens with zero attached hydrogens (tertiary/aromatic N) is 2. The van der Waals surface area contributed by atoms with Crippen molar-refractivity contribution >= 4 is 10.9 Å². The van der Waals surface area contributed by atoms with Crippen LogP contribution in [0.3, 0.4) is 0 Å². The summed E-state index contributed by atoms with van der Waals surface area (Å²) >= 11 is 0. The maximum absolute atomic E-state index is 13.6. The zero-order chi connectivity index (χ0) is 25.2. The second-order valence-corrected chi connectivity index (χ2v) is 8.16. The average molecular weight is 494 g/mol. The molecule has 2 aromatic carbocycles. The molecule has 11 heteroatoms. The van der Waals surface area contributed by atoms with E-state index in [9.17, 15) is 22.8 Å². The van der Waals surface area contributed by atoms with E-state index < -0.39 is 24.0 Å². The Labute approximate surface area is 198 Å². The summed E-state index contributed by atoms with van der Waals surface area (Å²) in [5.74, 6) is 0.821. The van der Waals surface area contributed by atoms with Crippen molar-refractivity contribution in [1.29, 1.82) is 0 Å². The number of rotatable bonds is 7. The Morgan fingerprint density at radius 1 is 1.00 bits per heavy atom. The first-order chi connectivity index (χ1) is 16.7. The number of fused-ring (bicyclic) bond motifs is 1. The first-order valence-electron chi connectivity index (χ1n) is 11.0. The van der Waals surface area contributed by atoms with Crippen molar-refractivity contribution in [3.8, 4) is 17.2 Å². The van der Waals surface area contributed by atoms with E-state index in [4.69, 9.17) is 18.9 Å². The Morgan fingerprint density at radius 2 is 1.71 bits per heavy atom. The van der Waals surface area contributed by atoms with Gasteiger partial charge in [0.15, 0.2) is 18.1 Å². The smallest absolute Gasteiger partial charge is 0.422 e. The van der Waals surface area contributed by atoms with Crippen LogP contribution in [0.4, 0.5) is 13.2 Å². The van der Waals surface area contributed by atoms with Crippen LogP contribution in [0.15, 0.2) is 46.0 Å². The number of alkyl halides is 3. The van der Waals surface area contributed by atoms with Gasteiger partial charge < -0.3 is 18.9 Å². The third-order valence-corrected chi connectivity index (χ3v) is 5.89. The number of halogens is 3. The number of hydrogen-bond acceptors (Lipinski definition) is 6. The molecule has 1 aliphatic heterocycles. The predicted octanol–water partition coefficient (Wildman–Crippen LogP) is 3.52. The van der Waals surface area contributed by atoms with Gasteiger partial charge in [-0.25, -0.2) is 4.79 Å². The molecule has 3 aromatic rings. The second kappa shape index (κ2) is 10.0. The topological polar surface area (TPSA) is 80.9 Å². The fourth-order valence-corrected chi connectivity index (χ4v) is 4.21. The summed E-state index contributed by atoms with van der Waals surface area (Å²) in [6.45, 7) is -0.636. The van der Waals surface area contributed by atoms with Gasteiger partial charge in [0.1, 0.15) is 5.75 Å². The van der Waals surface area contributed by atoms with Gasteiger partial charge in [-0.2, -0.15) is 13.2 Å². The first-order valence-corrected chi connectivity index (χ1v) is 11.0. The lowest BCUT2D eigenvalue weighted by molar-refractivity contribution is -0.153. The molecular weight excluding hydrogens is 469 g/mol. The van der Waals surface area contributed by atoms with Gasteiger partial charge in [-0.3, -0.25) is 13.9 Å². The molecule has 0 atom stereocenters. The van der Waals surface area contributed by atoms with Gasteiger partial charge in [0.25, 0.3) is 5.56 Å². The molecule has 4 rings (SSSR count). The number of aromatic nitrogens is 2. The van der Waals surface area contributed by atoms with Gasteiger partial charge in [0.2, 0.25) is 0 Å². The highest BCUT2D eigenvalue weighted by Crippen LogP contribution is 2.29. The van der Waals surface area contributed by atoms with Crippen molar-refractivity contribution in [1.82, 2.24) is 9.13 Å². The second-order valence-electron chi connectivity index (χ2n) is 8.16. The van der Waals surface area contributed by atoms with E-state index in [0.717, 1.165) is 4.57 Å². The van der Waals surface area contributed by atoms with E-state index in [1.807, 2.05) is 0 Å². The monoisotopic (exact) mass is 494 g/mol. The van der Waals surface area contributed by atoms with Gasteiger partial charge in [-0.05, 0) is 48.7 Å². The summed E-state index contributed by atoms with van der Waals surface area (Å²) in [6.07, 6.45) is -3.39. The van der Waals surface area contributed by atoms with E-state index in [2.05, 4.69) is 0 Å². The van der Waals surface area contributed by atoms with Crippen LogP contribution in [-0.4, -0.2) is 49.4 Å². The lowest BCUT2D eigenvalue weighted by Gasteiger charge is -2.26. The summed E-state index contributed by atoms with van der Waals surface area (Å²) in [4.78, 5) is 27.0. The lowest BCUT2D eigenvalue weighted by Crippen LogP contribution is -2.42. The molecule has 0 saturated carbocycles. The molecule has 0 unspecified atom stereocenters. The summed E-state index contributed by atoms with van der Waals surface area (Å²) in [7, 11) is 2.97. The van der Waals surface area contributed by atoms with Crippen LogP contribution >= 0.6 is 0 Å². The average Bonchev–Trinajstić information content (AvgIpc) is 2.85. The summed E-state index contributed by atoms with van der Waals surface area (Å²) in [5, 5.41) is 0.0937. The molecule has 0 aliphatic carbocycles. The quantitative estimate of drug-likeness (QED) is 0.500. The Balaban J connectivity index is 1.85. The Bertz CT molecular complexity index is 1330. The number of methoxy groups -OCH3 is 2. The van der Waals surface area contributed by atoms with E-state index in [0.29, 0.717) is 48.6 Å². The highest BCUT2D eigenvalue weighted by molar-refractivity contribution is 5.80. The molecule has 2 heterocycles. The van der Waals surface area contributed by atoms with Gasteiger partial charge in [-0.1, -0.05) is 6.07 Å². The van der Waals surface area contributed by atoms with Crippen LogP contribution in [0, 0.1) is 0 Å². The summed E-state index contributed by atoms with van der Waals surface area (Å²) < 4.78 is 61.4. The predicted molar refractivity (Wildman–Crippen MR) is 122 cm³/mol. The van der Waals surface area contributed by atoms with Crippen molar-refractivity contribution in [2.75, 3.05) is 34.0 Å². The van der Waals surface area contributed by atoms with Gasteiger partial charge in [-0.15, -0.1) is 0 Å². The zero-order valence-electron chi connectivity index (χ0n) is 19.3. The molecule has 0 amide bonds. The van der Waals surface area contributed by atoms with Crippen LogP contribution in [0.25, 0.3) is 10.9 Å². The normalized spacial score (nSPS) is 14.8. The van der Waals surface area contributed by atoms with Gasteiger partial charge >= 0.3 is 11.9 Å². The molecule has 35 heavy (non-hydrogen) atoms. The van der Waals surface area contributed by atoms with Gasteiger partial charge in [0, 0.05) is 19.3 Å². The molecule has 1 aliphatic rings. The van der Waals surface area contributed by atoms with Crippen LogP contribution in [0.5, 0.6) is 17.2 Å². The van der Waals surface area contributed by atoms with E-state index in [1.165, 1.54) is 37.0 Å². The highest BCUT2D eigenvalue weighted by atomic mass is 19.4. The van der Waals surface area contributed by atoms with E-state index >= 15 is 0 Å².